The Bertz CT molecular complexity index is 685. The van der Waals surface area contributed by atoms with Crippen LogP contribution in [0.3, 0.4) is 0 Å². The van der Waals surface area contributed by atoms with Crippen molar-refractivity contribution < 1.29 is 17.9 Å². The van der Waals surface area contributed by atoms with Crippen molar-refractivity contribution in [1.29, 1.82) is 0 Å². The Morgan fingerprint density at radius 2 is 2.12 bits per heavy atom. The quantitative estimate of drug-likeness (QED) is 0.849. The summed E-state index contributed by atoms with van der Waals surface area (Å²) in [6.45, 7) is 3.13. The Kier molecular flexibility index (Phi) is 6.06. The molecule has 24 heavy (non-hydrogen) atoms. The molecule has 0 aliphatic carbocycles. The third-order valence-corrected chi connectivity index (χ3v) is 4.49. The molecule has 7 nitrogen and oxygen atoms in total. The van der Waals surface area contributed by atoms with Gasteiger partial charge in [-0.3, -0.25) is 4.72 Å². The third kappa shape index (κ3) is 5.68. The van der Waals surface area contributed by atoms with Crippen molar-refractivity contribution in [2.75, 3.05) is 36.5 Å². The van der Waals surface area contributed by atoms with Gasteiger partial charge in [0.25, 0.3) is 0 Å². The van der Waals surface area contributed by atoms with Crippen LogP contribution in [0.15, 0.2) is 18.2 Å². The van der Waals surface area contributed by atoms with E-state index in [0.717, 1.165) is 37.7 Å². The summed E-state index contributed by atoms with van der Waals surface area (Å²) in [5.74, 6) is 0. The van der Waals surface area contributed by atoms with E-state index in [9.17, 15) is 13.2 Å². The second-order valence-electron chi connectivity index (χ2n) is 6.20. The fourth-order valence-corrected chi connectivity index (χ4v) is 3.14. The van der Waals surface area contributed by atoms with E-state index >= 15 is 0 Å². The minimum absolute atomic E-state index is 0.0776. The van der Waals surface area contributed by atoms with E-state index in [1.807, 2.05) is 6.92 Å². The zero-order valence-corrected chi connectivity index (χ0v) is 15.1. The maximum atomic E-state index is 12.4. The highest BCUT2D eigenvalue weighted by atomic mass is 32.2. The number of hydrogen-bond acceptors (Lipinski definition) is 4. The molecule has 1 aromatic rings. The second-order valence-corrected chi connectivity index (χ2v) is 7.95. The van der Waals surface area contributed by atoms with Gasteiger partial charge in [0, 0.05) is 25.9 Å². The van der Waals surface area contributed by atoms with Crippen molar-refractivity contribution in [3.63, 3.8) is 0 Å². The minimum atomic E-state index is -3.36. The van der Waals surface area contributed by atoms with E-state index < -0.39 is 10.0 Å². The molecule has 0 aromatic heterocycles. The number of likely N-dealkylation sites (N-methyl/N-ethyl adjacent to an activating group) is 1. The molecule has 1 heterocycles. The van der Waals surface area contributed by atoms with Crippen molar-refractivity contribution in [2.24, 2.45) is 0 Å². The van der Waals surface area contributed by atoms with Gasteiger partial charge in [-0.1, -0.05) is 6.07 Å². The molecule has 0 bridgehead atoms. The van der Waals surface area contributed by atoms with Gasteiger partial charge in [-0.15, -0.1) is 0 Å². The number of aryl methyl sites for hydroxylation is 1. The van der Waals surface area contributed by atoms with Crippen molar-refractivity contribution >= 4 is 27.4 Å². The number of benzene rings is 1. The Morgan fingerprint density at radius 1 is 1.38 bits per heavy atom. The number of carbonyl (C=O) groups excluding carboxylic acids is 1. The Labute approximate surface area is 143 Å². The number of anilines is 2. The highest BCUT2D eigenvalue weighted by Gasteiger charge is 2.19. The molecule has 2 N–H and O–H groups in total. The molecule has 1 aliphatic rings. The molecule has 1 aromatic carbocycles. The number of rotatable bonds is 5. The fraction of sp³-hybridized carbons (Fsp3) is 0.562. The molecule has 2 rings (SSSR count). The monoisotopic (exact) mass is 355 g/mol. The largest absolute Gasteiger partial charge is 0.376 e. The van der Waals surface area contributed by atoms with Crippen LogP contribution in [-0.4, -0.2) is 51.9 Å². The second kappa shape index (κ2) is 7.85. The van der Waals surface area contributed by atoms with E-state index in [2.05, 4.69) is 10.0 Å². The molecule has 1 atom stereocenters. The highest BCUT2D eigenvalue weighted by molar-refractivity contribution is 7.92. The van der Waals surface area contributed by atoms with Gasteiger partial charge < -0.3 is 15.0 Å². The number of carbonyl (C=O) groups is 1. The lowest BCUT2D eigenvalue weighted by Crippen LogP contribution is -2.39. The molecule has 2 amide bonds. The van der Waals surface area contributed by atoms with Crippen molar-refractivity contribution in [1.82, 2.24) is 4.90 Å². The number of urea groups is 1. The minimum Gasteiger partial charge on any atom is -0.376 e. The average Bonchev–Trinajstić information content (AvgIpc) is 2.50. The third-order valence-electron chi connectivity index (χ3n) is 3.88. The van der Waals surface area contributed by atoms with Crippen LogP contribution in [0.25, 0.3) is 0 Å². The zero-order chi connectivity index (χ0) is 17.7. The summed E-state index contributed by atoms with van der Waals surface area (Å²) in [6.07, 6.45) is 4.33. The number of amides is 2. The van der Waals surface area contributed by atoms with Crippen molar-refractivity contribution in [3.05, 3.63) is 23.8 Å². The maximum absolute atomic E-state index is 12.4. The first-order chi connectivity index (χ1) is 11.2. The average molecular weight is 355 g/mol. The summed E-state index contributed by atoms with van der Waals surface area (Å²) in [4.78, 5) is 13.9. The number of sulfonamides is 1. The number of nitrogens with zero attached hydrogens (tertiary/aromatic N) is 1. The van der Waals surface area contributed by atoms with Crippen LogP contribution < -0.4 is 10.0 Å². The number of nitrogens with one attached hydrogen (secondary N) is 2. The number of ether oxygens (including phenoxy) is 1. The fourth-order valence-electron chi connectivity index (χ4n) is 2.58. The molecule has 0 spiro atoms. The van der Waals surface area contributed by atoms with Crippen LogP contribution in [0, 0.1) is 6.92 Å². The van der Waals surface area contributed by atoms with Crippen LogP contribution in [-0.2, 0) is 14.8 Å². The van der Waals surface area contributed by atoms with Gasteiger partial charge >= 0.3 is 6.03 Å². The predicted molar refractivity (Wildman–Crippen MR) is 94.9 cm³/mol. The molecule has 0 saturated carbocycles. The van der Waals surface area contributed by atoms with E-state index in [4.69, 9.17) is 4.74 Å². The van der Waals surface area contributed by atoms with Gasteiger partial charge in [0.1, 0.15) is 0 Å². The summed E-state index contributed by atoms with van der Waals surface area (Å²) in [7, 11) is -1.64. The van der Waals surface area contributed by atoms with E-state index in [0.29, 0.717) is 17.9 Å². The summed E-state index contributed by atoms with van der Waals surface area (Å²) in [5, 5.41) is 2.82. The summed E-state index contributed by atoms with van der Waals surface area (Å²) in [5.41, 5.74) is 1.84. The van der Waals surface area contributed by atoms with Gasteiger partial charge in [-0.2, -0.15) is 0 Å². The molecule has 0 radical (unpaired) electrons. The molecule has 0 unspecified atom stereocenters. The first kappa shape index (κ1) is 18.5. The summed E-state index contributed by atoms with van der Waals surface area (Å²) < 4.78 is 30.7. The van der Waals surface area contributed by atoms with Crippen molar-refractivity contribution in [3.8, 4) is 0 Å². The smallest absolute Gasteiger partial charge is 0.321 e. The van der Waals surface area contributed by atoms with E-state index in [1.54, 1.807) is 30.1 Å². The lowest BCUT2D eigenvalue weighted by atomic mass is 10.1. The van der Waals surface area contributed by atoms with Gasteiger partial charge in [0.05, 0.1) is 18.0 Å². The van der Waals surface area contributed by atoms with Gasteiger partial charge in [0.15, 0.2) is 0 Å². The first-order valence-corrected chi connectivity index (χ1v) is 9.86. The topological polar surface area (TPSA) is 87.7 Å². The number of hydrogen-bond donors (Lipinski definition) is 2. The van der Waals surface area contributed by atoms with Gasteiger partial charge in [0.2, 0.25) is 10.0 Å². The Hall–Kier alpha value is -1.80. The van der Waals surface area contributed by atoms with Crippen LogP contribution in [0.5, 0.6) is 0 Å². The highest BCUT2D eigenvalue weighted by Crippen LogP contribution is 2.21. The van der Waals surface area contributed by atoms with Crippen LogP contribution in [0.1, 0.15) is 24.8 Å². The molecule has 134 valence electrons. The maximum Gasteiger partial charge on any atom is 0.321 e. The normalized spacial score (nSPS) is 18.0. The molecule has 8 heteroatoms. The SMILES string of the molecule is Cc1ccc(NS(C)(=O)=O)cc1NC(=O)N(C)C[C@@H]1CCCCO1. The molecular formula is C16H25N3O4S. The van der Waals surface area contributed by atoms with E-state index in [1.165, 1.54) is 0 Å². The van der Waals surface area contributed by atoms with Crippen LogP contribution in [0.4, 0.5) is 16.2 Å². The standard InChI is InChI=1S/C16H25N3O4S/c1-12-7-8-13(18-24(3,21)22)10-15(12)17-16(20)19(2)11-14-6-4-5-9-23-14/h7-8,10,14,18H,4-6,9,11H2,1-3H3,(H,17,20)/t14-/m0/s1. The van der Waals surface area contributed by atoms with Crippen LogP contribution in [0.2, 0.25) is 0 Å². The molecular weight excluding hydrogens is 330 g/mol. The zero-order valence-electron chi connectivity index (χ0n) is 14.3. The van der Waals surface area contributed by atoms with Gasteiger partial charge in [-0.25, -0.2) is 13.2 Å². The Balaban J connectivity index is 2.00. The van der Waals surface area contributed by atoms with Crippen molar-refractivity contribution in [2.45, 2.75) is 32.3 Å². The summed E-state index contributed by atoms with van der Waals surface area (Å²) in [6, 6.07) is 4.78. The van der Waals surface area contributed by atoms with Crippen LogP contribution >= 0.6 is 0 Å². The predicted octanol–water partition coefficient (Wildman–Crippen LogP) is 2.40. The lowest BCUT2D eigenvalue weighted by Gasteiger charge is -2.27. The van der Waals surface area contributed by atoms with E-state index in [-0.39, 0.29) is 12.1 Å². The molecule has 1 saturated heterocycles. The lowest BCUT2D eigenvalue weighted by molar-refractivity contribution is 0.00463. The first-order valence-electron chi connectivity index (χ1n) is 7.97. The summed E-state index contributed by atoms with van der Waals surface area (Å²) >= 11 is 0. The van der Waals surface area contributed by atoms with Gasteiger partial charge in [-0.05, 0) is 43.9 Å². The molecule has 1 aliphatic heterocycles. The molecule has 1 fully saturated rings. The Morgan fingerprint density at radius 3 is 2.75 bits per heavy atom.